The summed E-state index contributed by atoms with van der Waals surface area (Å²) < 4.78 is 5.06. The van der Waals surface area contributed by atoms with Crippen molar-refractivity contribution in [1.29, 1.82) is 0 Å². The average molecular weight is 264 g/mol. The summed E-state index contributed by atoms with van der Waals surface area (Å²) in [7, 11) is 0. The summed E-state index contributed by atoms with van der Waals surface area (Å²) in [6, 6.07) is 3.97. The number of aromatic nitrogens is 1. The third-order valence-electron chi connectivity index (χ3n) is 3.20. The van der Waals surface area contributed by atoms with Crippen molar-refractivity contribution >= 4 is 5.97 Å². The molecule has 0 aliphatic rings. The Morgan fingerprint density at radius 2 is 2.05 bits per heavy atom. The Bertz CT molecular complexity index is 413. The molecule has 0 saturated heterocycles. The SMILES string of the molecule is CCOC(=O)C(C)(C)NCC(C)(C)c1cccnc1. The first kappa shape index (κ1) is 15.6. The van der Waals surface area contributed by atoms with Gasteiger partial charge in [-0.3, -0.25) is 9.78 Å². The Hall–Kier alpha value is -1.42. The zero-order valence-corrected chi connectivity index (χ0v) is 12.5. The highest BCUT2D eigenvalue weighted by molar-refractivity contribution is 5.79. The summed E-state index contributed by atoms with van der Waals surface area (Å²) in [6.07, 6.45) is 3.62. The molecule has 0 aromatic carbocycles. The number of nitrogens with zero attached hydrogens (tertiary/aromatic N) is 1. The Kier molecular flexibility index (Phi) is 5.06. The van der Waals surface area contributed by atoms with E-state index < -0.39 is 5.54 Å². The fourth-order valence-corrected chi connectivity index (χ4v) is 1.69. The molecule has 1 aromatic rings. The second kappa shape index (κ2) is 6.15. The molecule has 1 aromatic heterocycles. The maximum absolute atomic E-state index is 11.8. The van der Waals surface area contributed by atoms with Crippen LogP contribution in [0.3, 0.4) is 0 Å². The summed E-state index contributed by atoms with van der Waals surface area (Å²) in [5, 5.41) is 3.28. The number of pyridine rings is 1. The van der Waals surface area contributed by atoms with Crippen molar-refractivity contribution in [2.45, 2.75) is 45.6 Å². The van der Waals surface area contributed by atoms with Crippen LogP contribution in [0.4, 0.5) is 0 Å². The second-order valence-electron chi connectivity index (χ2n) is 5.82. The quantitative estimate of drug-likeness (QED) is 0.801. The van der Waals surface area contributed by atoms with Crippen LogP contribution in [-0.2, 0) is 14.9 Å². The van der Waals surface area contributed by atoms with E-state index in [4.69, 9.17) is 4.74 Å². The Balaban J connectivity index is 2.67. The smallest absolute Gasteiger partial charge is 0.325 e. The van der Waals surface area contributed by atoms with Crippen LogP contribution in [0, 0.1) is 0 Å². The van der Waals surface area contributed by atoms with E-state index in [2.05, 4.69) is 24.1 Å². The molecular weight excluding hydrogens is 240 g/mol. The lowest BCUT2D eigenvalue weighted by molar-refractivity contribution is -0.149. The van der Waals surface area contributed by atoms with Gasteiger partial charge in [-0.25, -0.2) is 0 Å². The summed E-state index contributed by atoms with van der Waals surface area (Å²) in [5.41, 5.74) is 0.357. The molecule has 0 amide bonds. The molecule has 0 atom stereocenters. The minimum atomic E-state index is -0.685. The van der Waals surface area contributed by atoms with Crippen LogP contribution in [0.1, 0.15) is 40.2 Å². The van der Waals surface area contributed by atoms with Crippen LogP contribution >= 0.6 is 0 Å². The van der Waals surface area contributed by atoms with Crippen molar-refractivity contribution in [3.63, 3.8) is 0 Å². The van der Waals surface area contributed by atoms with Gasteiger partial charge in [0.1, 0.15) is 5.54 Å². The van der Waals surface area contributed by atoms with Gasteiger partial charge in [-0.05, 0) is 32.4 Å². The number of hydrogen-bond acceptors (Lipinski definition) is 4. The van der Waals surface area contributed by atoms with Gasteiger partial charge in [-0.2, -0.15) is 0 Å². The van der Waals surface area contributed by atoms with Gasteiger partial charge in [0, 0.05) is 24.4 Å². The highest BCUT2D eigenvalue weighted by atomic mass is 16.5. The number of nitrogens with one attached hydrogen (secondary N) is 1. The Morgan fingerprint density at radius 1 is 1.37 bits per heavy atom. The van der Waals surface area contributed by atoms with Crippen LogP contribution in [0.2, 0.25) is 0 Å². The summed E-state index contributed by atoms with van der Waals surface area (Å²) in [5.74, 6) is -0.225. The predicted octanol–water partition coefficient (Wildman–Crippen LogP) is 2.29. The first-order valence-corrected chi connectivity index (χ1v) is 6.62. The third-order valence-corrected chi connectivity index (χ3v) is 3.20. The van der Waals surface area contributed by atoms with Gasteiger partial charge in [0.05, 0.1) is 6.61 Å². The number of esters is 1. The molecule has 4 heteroatoms. The molecule has 19 heavy (non-hydrogen) atoms. The van der Waals surface area contributed by atoms with Gasteiger partial charge < -0.3 is 10.1 Å². The molecule has 0 bridgehead atoms. The zero-order chi connectivity index (χ0) is 14.5. The first-order valence-electron chi connectivity index (χ1n) is 6.62. The molecule has 0 spiro atoms. The number of carbonyl (C=O) groups excluding carboxylic acids is 1. The van der Waals surface area contributed by atoms with Crippen molar-refractivity contribution in [3.8, 4) is 0 Å². The molecule has 0 aliphatic heterocycles. The van der Waals surface area contributed by atoms with Crippen LogP contribution in [0.25, 0.3) is 0 Å². The van der Waals surface area contributed by atoms with E-state index in [1.165, 1.54) is 0 Å². The monoisotopic (exact) mass is 264 g/mol. The largest absolute Gasteiger partial charge is 0.465 e. The Labute approximate surface area is 115 Å². The van der Waals surface area contributed by atoms with Crippen molar-refractivity contribution in [2.24, 2.45) is 0 Å². The van der Waals surface area contributed by atoms with Crippen LogP contribution in [0.15, 0.2) is 24.5 Å². The van der Waals surface area contributed by atoms with E-state index in [0.29, 0.717) is 13.2 Å². The molecule has 1 heterocycles. The molecule has 0 aliphatic carbocycles. The van der Waals surface area contributed by atoms with E-state index in [9.17, 15) is 4.79 Å². The lowest BCUT2D eigenvalue weighted by Gasteiger charge is -2.31. The summed E-state index contributed by atoms with van der Waals surface area (Å²) in [4.78, 5) is 16.0. The molecule has 0 saturated carbocycles. The van der Waals surface area contributed by atoms with E-state index in [1.807, 2.05) is 39.1 Å². The van der Waals surface area contributed by atoms with Gasteiger partial charge in [-0.15, -0.1) is 0 Å². The number of rotatable bonds is 6. The van der Waals surface area contributed by atoms with Crippen molar-refractivity contribution in [1.82, 2.24) is 10.3 Å². The second-order valence-corrected chi connectivity index (χ2v) is 5.82. The van der Waals surface area contributed by atoms with E-state index in [0.717, 1.165) is 5.56 Å². The number of carbonyl (C=O) groups is 1. The fourth-order valence-electron chi connectivity index (χ4n) is 1.69. The van der Waals surface area contributed by atoms with Crippen LogP contribution < -0.4 is 5.32 Å². The third kappa shape index (κ3) is 4.31. The van der Waals surface area contributed by atoms with E-state index >= 15 is 0 Å². The molecule has 0 radical (unpaired) electrons. The van der Waals surface area contributed by atoms with Gasteiger partial charge in [0.25, 0.3) is 0 Å². The van der Waals surface area contributed by atoms with Crippen molar-refractivity contribution in [2.75, 3.05) is 13.2 Å². The minimum Gasteiger partial charge on any atom is -0.465 e. The topological polar surface area (TPSA) is 51.2 Å². The number of ether oxygens (including phenoxy) is 1. The molecule has 0 fully saturated rings. The van der Waals surface area contributed by atoms with E-state index in [-0.39, 0.29) is 11.4 Å². The maximum Gasteiger partial charge on any atom is 0.325 e. The molecule has 1 N–H and O–H groups in total. The van der Waals surface area contributed by atoms with Gasteiger partial charge in [-0.1, -0.05) is 19.9 Å². The van der Waals surface area contributed by atoms with E-state index in [1.54, 1.807) is 6.20 Å². The summed E-state index contributed by atoms with van der Waals surface area (Å²) in [6.45, 7) is 10.8. The van der Waals surface area contributed by atoms with Crippen LogP contribution in [-0.4, -0.2) is 29.6 Å². The lowest BCUT2D eigenvalue weighted by atomic mass is 9.85. The zero-order valence-electron chi connectivity index (χ0n) is 12.5. The minimum absolute atomic E-state index is 0.0992. The predicted molar refractivity (Wildman–Crippen MR) is 76.0 cm³/mol. The van der Waals surface area contributed by atoms with Gasteiger partial charge >= 0.3 is 5.97 Å². The molecule has 0 unspecified atom stereocenters. The highest BCUT2D eigenvalue weighted by Crippen LogP contribution is 2.22. The van der Waals surface area contributed by atoms with Gasteiger partial charge in [0.15, 0.2) is 0 Å². The van der Waals surface area contributed by atoms with Crippen molar-refractivity contribution < 1.29 is 9.53 Å². The molecular formula is C15H24N2O2. The standard InChI is InChI=1S/C15H24N2O2/c1-6-19-13(18)15(4,5)17-11-14(2,3)12-8-7-9-16-10-12/h7-10,17H,6,11H2,1-5H3. The fraction of sp³-hybridized carbons (Fsp3) is 0.600. The normalized spacial score (nSPS) is 12.3. The van der Waals surface area contributed by atoms with Crippen molar-refractivity contribution in [3.05, 3.63) is 30.1 Å². The summed E-state index contributed by atoms with van der Waals surface area (Å²) >= 11 is 0. The number of hydrogen-bond donors (Lipinski definition) is 1. The maximum atomic E-state index is 11.8. The van der Waals surface area contributed by atoms with Crippen LogP contribution in [0.5, 0.6) is 0 Å². The molecule has 106 valence electrons. The molecule has 4 nitrogen and oxygen atoms in total. The Morgan fingerprint density at radius 3 is 2.58 bits per heavy atom. The molecule has 1 rings (SSSR count). The first-order chi connectivity index (χ1) is 8.79. The average Bonchev–Trinajstić information content (AvgIpc) is 2.38. The van der Waals surface area contributed by atoms with Gasteiger partial charge in [0.2, 0.25) is 0 Å². The lowest BCUT2D eigenvalue weighted by Crippen LogP contribution is -2.51. The highest BCUT2D eigenvalue weighted by Gasteiger charge is 2.31.